The molecule has 2 heterocycles. The number of halogens is 3. The van der Waals surface area contributed by atoms with E-state index >= 15 is 0 Å². The summed E-state index contributed by atoms with van der Waals surface area (Å²) < 4.78 is 52.3. The Kier molecular flexibility index (Phi) is 6.88. The summed E-state index contributed by atoms with van der Waals surface area (Å²) in [5, 5.41) is 3.28. The average Bonchev–Trinajstić information content (AvgIpc) is 3.24. The summed E-state index contributed by atoms with van der Waals surface area (Å²) in [7, 11) is 1.30. The number of hydrogen-bond donors (Lipinski definition) is 1. The molecular formula is C23H30F3N3O3. The van der Waals surface area contributed by atoms with Crippen molar-refractivity contribution in [2.75, 3.05) is 7.11 Å². The number of rotatable bonds is 5. The third-order valence-corrected chi connectivity index (χ3v) is 5.26. The average molecular weight is 454 g/mol. The number of ether oxygens (including phenoxy) is 2. The van der Waals surface area contributed by atoms with E-state index in [0.717, 1.165) is 36.7 Å². The molecule has 9 heteroatoms. The number of amides is 1. The van der Waals surface area contributed by atoms with Gasteiger partial charge in [0.05, 0.1) is 37.0 Å². The molecule has 1 amide bonds. The summed E-state index contributed by atoms with van der Waals surface area (Å²) >= 11 is 0. The number of hydrogen-bond acceptors (Lipinski definition) is 3. The fourth-order valence-corrected chi connectivity index (χ4v) is 3.83. The number of methoxy groups -OCH3 is 1. The topological polar surface area (TPSA) is 68.6 Å². The molecule has 1 saturated heterocycles. The van der Waals surface area contributed by atoms with Gasteiger partial charge in [-0.2, -0.15) is 18.2 Å². The van der Waals surface area contributed by atoms with E-state index in [4.69, 9.17) is 9.47 Å². The van der Waals surface area contributed by atoms with E-state index in [2.05, 4.69) is 30.9 Å². The van der Waals surface area contributed by atoms with Crippen molar-refractivity contribution < 1.29 is 27.4 Å². The molecule has 0 aliphatic carbocycles. The summed E-state index contributed by atoms with van der Waals surface area (Å²) in [6, 6.07) is 4.56. The van der Waals surface area contributed by atoms with Gasteiger partial charge < -0.3 is 14.6 Å². The van der Waals surface area contributed by atoms with Crippen molar-refractivity contribution in [1.82, 2.24) is 9.78 Å². The molecule has 2 aromatic rings. The summed E-state index contributed by atoms with van der Waals surface area (Å²) in [5.74, 6) is -0.764. The van der Waals surface area contributed by atoms with Gasteiger partial charge in [-0.15, -0.1) is 0 Å². The number of nitrogens with zero attached hydrogens (tertiary/aromatic N) is 2. The first kappa shape index (κ1) is 24.1. The second kappa shape index (κ2) is 9.13. The predicted octanol–water partition coefficient (Wildman–Crippen LogP) is 4.74. The second-order valence-electron chi connectivity index (χ2n) is 9.46. The number of aromatic amines is 1. The van der Waals surface area contributed by atoms with Crippen molar-refractivity contribution >= 4 is 5.91 Å². The van der Waals surface area contributed by atoms with E-state index in [0.29, 0.717) is 18.5 Å². The minimum absolute atomic E-state index is 0.00735. The third kappa shape index (κ3) is 6.03. The summed E-state index contributed by atoms with van der Waals surface area (Å²) in [6.45, 7) is 8.76. The molecule has 1 aromatic heterocycles. The van der Waals surface area contributed by atoms with E-state index in [1.807, 2.05) is 6.92 Å². The highest BCUT2D eigenvalue weighted by Crippen LogP contribution is 2.32. The van der Waals surface area contributed by atoms with Crippen LogP contribution in [-0.2, 0) is 23.9 Å². The molecule has 1 aliphatic rings. The van der Waals surface area contributed by atoms with Crippen molar-refractivity contribution in [3.63, 3.8) is 0 Å². The minimum atomic E-state index is -4.58. The highest BCUT2D eigenvalue weighted by atomic mass is 19.4. The molecular weight excluding hydrogens is 423 g/mol. The second-order valence-corrected chi connectivity index (χ2v) is 9.46. The Balaban J connectivity index is 2.01. The largest absolute Gasteiger partial charge is 0.496 e. The Morgan fingerprint density at radius 3 is 2.53 bits per heavy atom. The Morgan fingerprint density at radius 1 is 1.25 bits per heavy atom. The van der Waals surface area contributed by atoms with Gasteiger partial charge in [-0.3, -0.25) is 9.48 Å². The van der Waals surface area contributed by atoms with Crippen molar-refractivity contribution in [2.45, 2.75) is 71.9 Å². The van der Waals surface area contributed by atoms with Crippen molar-refractivity contribution in [3.05, 3.63) is 46.6 Å². The number of aromatic nitrogens is 2. The highest BCUT2D eigenvalue weighted by molar-refractivity contribution is 5.97. The summed E-state index contributed by atoms with van der Waals surface area (Å²) in [5.41, 5.74) is 0.0498. The molecule has 0 bridgehead atoms. The van der Waals surface area contributed by atoms with Crippen LogP contribution in [0.2, 0.25) is 0 Å². The first-order valence-corrected chi connectivity index (χ1v) is 10.6. The van der Waals surface area contributed by atoms with Gasteiger partial charge in [-0.25, -0.2) is 0 Å². The molecule has 2 atom stereocenters. The lowest BCUT2D eigenvalue weighted by Crippen LogP contribution is -2.26. The molecule has 1 unspecified atom stereocenters. The monoisotopic (exact) mass is 453 g/mol. The number of benzene rings is 1. The maximum atomic E-state index is 13.2. The van der Waals surface area contributed by atoms with Crippen LogP contribution in [0.15, 0.2) is 29.3 Å². The van der Waals surface area contributed by atoms with Gasteiger partial charge in [-0.1, -0.05) is 20.8 Å². The van der Waals surface area contributed by atoms with Gasteiger partial charge in [0.2, 0.25) is 0 Å². The van der Waals surface area contributed by atoms with Gasteiger partial charge in [0.25, 0.3) is 5.91 Å². The third-order valence-electron chi connectivity index (χ3n) is 5.26. The number of carbonyl (C=O) groups excluding carboxylic acids is 1. The van der Waals surface area contributed by atoms with E-state index in [9.17, 15) is 18.0 Å². The zero-order valence-electron chi connectivity index (χ0n) is 19.0. The van der Waals surface area contributed by atoms with Gasteiger partial charge in [0, 0.05) is 11.8 Å². The molecule has 1 aromatic carbocycles. The zero-order chi connectivity index (χ0) is 23.7. The van der Waals surface area contributed by atoms with Crippen LogP contribution in [0.1, 0.15) is 62.2 Å². The fraction of sp³-hybridized carbons (Fsp3) is 0.565. The smallest absolute Gasteiger partial charge is 0.416 e. The standard InChI is InChI=1S/C23H30F3N3O3/c1-14-6-8-17(32-14)13-29-20(11-16(28-29)12-22(2,3)4)27-21(30)18-10-15(23(24,25)26)7-9-19(18)31-5/h7,9-11,14,17,28H,6,8,12-13H2,1-5H3/t14-,17?/m0/s1. The first-order chi connectivity index (χ1) is 14.9. The lowest BCUT2D eigenvalue weighted by molar-refractivity contribution is -0.137. The van der Waals surface area contributed by atoms with Crippen molar-refractivity contribution in [1.29, 1.82) is 0 Å². The van der Waals surface area contributed by atoms with Crippen LogP contribution >= 0.6 is 0 Å². The van der Waals surface area contributed by atoms with Crippen LogP contribution < -0.4 is 10.2 Å². The number of nitrogens with one attached hydrogen (secondary N) is 1. The van der Waals surface area contributed by atoms with Gasteiger partial charge in [0.15, 0.2) is 5.49 Å². The maximum Gasteiger partial charge on any atom is 0.416 e. The molecule has 1 N–H and O–H groups in total. The SMILES string of the molecule is COc1ccc(C(F)(F)F)cc1C(=O)N=c1cc(CC(C)(C)C)[nH]n1CC1CC[C@H](C)O1. The summed E-state index contributed by atoms with van der Waals surface area (Å²) in [4.78, 5) is 17.1. The highest BCUT2D eigenvalue weighted by Gasteiger charge is 2.32. The molecule has 3 rings (SSSR count). The molecule has 1 fully saturated rings. The zero-order valence-corrected chi connectivity index (χ0v) is 19.0. The van der Waals surface area contributed by atoms with Crippen LogP contribution in [-0.4, -0.2) is 35.0 Å². The van der Waals surface area contributed by atoms with Crippen LogP contribution in [0.5, 0.6) is 5.75 Å². The molecule has 1 aliphatic heterocycles. The maximum absolute atomic E-state index is 13.2. The normalized spacial score (nSPS) is 20.1. The summed E-state index contributed by atoms with van der Waals surface area (Å²) in [6.07, 6.45) is -1.88. The van der Waals surface area contributed by atoms with E-state index in [-0.39, 0.29) is 28.9 Å². The van der Waals surface area contributed by atoms with Gasteiger partial charge >= 0.3 is 6.18 Å². The Morgan fingerprint density at radius 2 is 1.97 bits per heavy atom. The Hall–Kier alpha value is -2.55. The molecule has 0 radical (unpaired) electrons. The molecule has 6 nitrogen and oxygen atoms in total. The molecule has 32 heavy (non-hydrogen) atoms. The van der Waals surface area contributed by atoms with Crippen LogP contribution in [0.3, 0.4) is 0 Å². The quantitative estimate of drug-likeness (QED) is 0.711. The lowest BCUT2D eigenvalue weighted by atomic mass is 9.91. The van der Waals surface area contributed by atoms with Gasteiger partial charge in [0.1, 0.15) is 5.75 Å². The lowest BCUT2D eigenvalue weighted by Gasteiger charge is -2.16. The van der Waals surface area contributed by atoms with Crippen molar-refractivity contribution in [3.8, 4) is 5.75 Å². The van der Waals surface area contributed by atoms with E-state index < -0.39 is 17.6 Å². The molecule has 176 valence electrons. The van der Waals surface area contributed by atoms with Crippen LogP contribution in [0, 0.1) is 5.41 Å². The Bertz CT molecular complexity index is 1030. The number of H-pyrrole nitrogens is 1. The molecule has 0 spiro atoms. The predicted molar refractivity (Wildman–Crippen MR) is 113 cm³/mol. The Labute approximate surface area is 185 Å². The van der Waals surface area contributed by atoms with Crippen LogP contribution in [0.4, 0.5) is 13.2 Å². The minimum Gasteiger partial charge on any atom is -0.496 e. The molecule has 0 saturated carbocycles. The van der Waals surface area contributed by atoms with E-state index in [1.54, 1.807) is 10.7 Å². The van der Waals surface area contributed by atoms with Crippen LogP contribution in [0.25, 0.3) is 0 Å². The van der Waals surface area contributed by atoms with E-state index in [1.165, 1.54) is 7.11 Å². The first-order valence-electron chi connectivity index (χ1n) is 10.6. The van der Waals surface area contributed by atoms with Gasteiger partial charge in [-0.05, 0) is 49.8 Å². The number of alkyl halides is 3. The van der Waals surface area contributed by atoms with Crippen molar-refractivity contribution in [2.24, 2.45) is 10.4 Å². The number of carbonyl (C=O) groups is 1. The fourth-order valence-electron chi connectivity index (χ4n) is 3.83.